The Morgan fingerprint density at radius 1 is 0.645 bits per heavy atom. The van der Waals surface area contributed by atoms with Crippen molar-refractivity contribution in [3.8, 4) is 33.9 Å². The van der Waals surface area contributed by atoms with E-state index in [4.69, 9.17) is 15.0 Å². The van der Waals surface area contributed by atoms with Crippen LogP contribution in [0.15, 0.2) is 97.1 Å². The summed E-state index contributed by atoms with van der Waals surface area (Å²) in [6.07, 6.45) is 6.06. The average Bonchev–Trinajstić information content (AvgIpc) is 2.83. The molecular formula is C28H25N3. The van der Waals surface area contributed by atoms with Crippen molar-refractivity contribution in [1.29, 1.82) is 0 Å². The number of benzene rings is 3. The van der Waals surface area contributed by atoms with E-state index in [9.17, 15) is 0 Å². The first-order valence-electron chi connectivity index (χ1n) is 10.5. The number of aryl methyl sites for hydroxylation is 1. The molecular weight excluding hydrogens is 378 g/mol. The Bertz CT molecular complexity index is 1240. The standard InChI is InChI=1S/C28H25N3/c1-4-12-21(5-2)26-29-27(23-15-10-7-11-16-23)31-28(30-26)25-18-20(3)17-24(19-25)22-13-8-6-9-14-22/h4-19H,1-3H3/b12-4-,21-5+. The van der Waals surface area contributed by atoms with Gasteiger partial charge in [-0.15, -0.1) is 0 Å². The molecule has 0 saturated carbocycles. The molecule has 4 aromatic rings. The van der Waals surface area contributed by atoms with Gasteiger partial charge in [0.15, 0.2) is 17.5 Å². The van der Waals surface area contributed by atoms with E-state index in [1.807, 2.05) is 68.5 Å². The molecule has 31 heavy (non-hydrogen) atoms. The number of hydrogen-bond acceptors (Lipinski definition) is 3. The van der Waals surface area contributed by atoms with Crippen LogP contribution in [0.25, 0.3) is 39.5 Å². The second-order valence-corrected chi connectivity index (χ2v) is 7.37. The van der Waals surface area contributed by atoms with Crippen molar-refractivity contribution >= 4 is 5.57 Å². The maximum absolute atomic E-state index is 4.85. The van der Waals surface area contributed by atoms with Gasteiger partial charge in [-0.1, -0.05) is 85.0 Å². The van der Waals surface area contributed by atoms with E-state index in [2.05, 4.69) is 49.4 Å². The highest BCUT2D eigenvalue weighted by atomic mass is 15.0. The summed E-state index contributed by atoms with van der Waals surface area (Å²) in [4.78, 5) is 14.5. The molecule has 0 atom stereocenters. The molecule has 0 amide bonds. The second kappa shape index (κ2) is 9.31. The van der Waals surface area contributed by atoms with Gasteiger partial charge in [0.1, 0.15) is 0 Å². The molecule has 1 aromatic heterocycles. The molecule has 4 rings (SSSR count). The molecule has 0 aliphatic heterocycles. The zero-order valence-corrected chi connectivity index (χ0v) is 18.1. The maximum atomic E-state index is 4.85. The van der Waals surface area contributed by atoms with Gasteiger partial charge < -0.3 is 0 Å². The Balaban J connectivity index is 1.91. The molecule has 0 unspecified atom stereocenters. The summed E-state index contributed by atoms with van der Waals surface area (Å²) in [7, 11) is 0. The Morgan fingerprint density at radius 2 is 1.23 bits per heavy atom. The number of rotatable bonds is 5. The van der Waals surface area contributed by atoms with Crippen LogP contribution in [0.2, 0.25) is 0 Å². The lowest BCUT2D eigenvalue weighted by atomic mass is 10.00. The topological polar surface area (TPSA) is 38.7 Å². The van der Waals surface area contributed by atoms with Crippen molar-refractivity contribution in [1.82, 2.24) is 15.0 Å². The van der Waals surface area contributed by atoms with E-state index in [0.29, 0.717) is 17.5 Å². The minimum absolute atomic E-state index is 0.673. The van der Waals surface area contributed by atoms with Crippen LogP contribution < -0.4 is 0 Å². The van der Waals surface area contributed by atoms with Crippen molar-refractivity contribution in [3.63, 3.8) is 0 Å². The van der Waals surface area contributed by atoms with Crippen LogP contribution in [-0.2, 0) is 0 Å². The third-order valence-corrected chi connectivity index (χ3v) is 5.03. The first kappa shape index (κ1) is 20.4. The average molecular weight is 404 g/mol. The van der Waals surface area contributed by atoms with Crippen LogP contribution in [0.4, 0.5) is 0 Å². The molecule has 3 nitrogen and oxygen atoms in total. The highest BCUT2D eigenvalue weighted by Crippen LogP contribution is 2.28. The van der Waals surface area contributed by atoms with E-state index in [-0.39, 0.29) is 0 Å². The first-order chi connectivity index (χ1) is 15.2. The summed E-state index contributed by atoms with van der Waals surface area (Å²) in [6, 6.07) is 26.9. The summed E-state index contributed by atoms with van der Waals surface area (Å²) in [5.41, 5.74) is 6.42. The molecule has 0 bridgehead atoms. The van der Waals surface area contributed by atoms with Gasteiger partial charge in [0.25, 0.3) is 0 Å². The van der Waals surface area contributed by atoms with Crippen LogP contribution in [0.3, 0.4) is 0 Å². The van der Waals surface area contributed by atoms with Crippen LogP contribution in [0.1, 0.15) is 25.2 Å². The molecule has 3 heteroatoms. The fourth-order valence-corrected chi connectivity index (χ4v) is 3.54. The maximum Gasteiger partial charge on any atom is 0.164 e. The van der Waals surface area contributed by atoms with E-state index in [0.717, 1.165) is 22.3 Å². The second-order valence-electron chi connectivity index (χ2n) is 7.37. The third kappa shape index (κ3) is 4.67. The van der Waals surface area contributed by atoms with Gasteiger partial charge in [0, 0.05) is 16.7 Å². The summed E-state index contributed by atoms with van der Waals surface area (Å²) < 4.78 is 0. The number of aromatic nitrogens is 3. The first-order valence-corrected chi connectivity index (χ1v) is 10.5. The molecule has 0 saturated heterocycles. The summed E-state index contributed by atoms with van der Waals surface area (Å²) >= 11 is 0. The summed E-state index contributed by atoms with van der Waals surface area (Å²) in [6.45, 7) is 6.10. The van der Waals surface area contributed by atoms with E-state index in [1.54, 1.807) is 0 Å². The molecule has 0 radical (unpaired) electrons. The summed E-state index contributed by atoms with van der Waals surface area (Å²) in [5, 5.41) is 0. The molecule has 3 aromatic carbocycles. The third-order valence-electron chi connectivity index (χ3n) is 5.03. The molecule has 152 valence electrons. The lowest BCUT2D eigenvalue weighted by Gasteiger charge is -2.11. The fourth-order valence-electron chi connectivity index (χ4n) is 3.54. The molecule has 0 spiro atoms. The minimum Gasteiger partial charge on any atom is -0.208 e. The number of allylic oxidation sites excluding steroid dienone is 4. The van der Waals surface area contributed by atoms with Crippen molar-refractivity contribution < 1.29 is 0 Å². The molecule has 0 N–H and O–H groups in total. The lowest BCUT2D eigenvalue weighted by molar-refractivity contribution is 1.04. The van der Waals surface area contributed by atoms with Crippen LogP contribution in [-0.4, -0.2) is 15.0 Å². The zero-order valence-electron chi connectivity index (χ0n) is 18.1. The molecule has 0 fully saturated rings. The highest BCUT2D eigenvalue weighted by molar-refractivity contribution is 5.75. The lowest BCUT2D eigenvalue weighted by Crippen LogP contribution is -2.02. The van der Waals surface area contributed by atoms with Crippen LogP contribution in [0.5, 0.6) is 0 Å². The Hall–Kier alpha value is -3.85. The van der Waals surface area contributed by atoms with Crippen molar-refractivity contribution in [2.24, 2.45) is 0 Å². The summed E-state index contributed by atoms with van der Waals surface area (Å²) in [5.74, 6) is 2.02. The Labute approximate surface area is 183 Å². The van der Waals surface area contributed by atoms with Crippen molar-refractivity contribution in [3.05, 3.63) is 108 Å². The van der Waals surface area contributed by atoms with E-state index < -0.39 is 0 Å². The number of nitrogens with zero attached hydrogens (tertiary/aromatic N) is 3. The van der Waals surface area contributed by atoms with Gasteiger partial charge in [-0.25, -0.2) is 15.0 Å². The predicted octanol–water partition coefficient (Wildman–Crippen LogP) is 7.16. The van der Waals surface area contributed by atoms with Gasteiger partial charge in [-0.3, -0.25) is 0 Å². The normalized spacial score (nSPS) is 11.8. The smallest absolute Gasteiger partial charge is 0.164 e. The molecule has 1 heterocycles. The van der Waals surface area contributed by atoms with Crippen molar-refractivity contribution in [2.75, 3.05) is 0 Å². The minimum atomic E-state index is 0.673. The Kier molecular flexibility index (Phi) is 6.13. The number of hydrogen-bond donors (Lipinski definition) is 0. The molecule has 0 aliphatic carbocycles. The monoisotopic (exact) mass is 403 g/mol. The van der Waals surface area contributed by atoms with Gasteiger partial charge in [-0.05, 0) is 49.6 Å². The fraction of sp³-hybridized carbons (Fsp3) is 0.107. The predicted molar refractivity (Wildman–Crippen MR) is 129 cm³/mol. The van der Waals surface area contributed by atoms with E-state index >= 15 is 0 Å². The quantitative estimate of drug-likeness (QED) is 0.332. The zero-order chi connectivity index (χ0) is 21.6. The van der Waals surface area contributed by atoms with Gasteiger partial charge in [0.05, 0.1) is 0 Å². The van der Waals surface area contributed by atoms with Crippen LogP contribution >= 0.6 is 0 Å². The van der Waals surface area contributed by atoms with Crippen LogP contribution in [0, 0.1) is 6.92 Å². The highest BCUT2D eigenvalue weighted by Gasteiger charge is 2.13. The largest absolute Gasteiger partial charge is 0.208 e. The van der Waals surface area contributed by atoms with Gasteiger partial charge in [-0.2, -0.15) is 0 Å². The molecule has 0 aliphatic rings. The Morgan fingerprint density at radius 3 is 1.84 bits per heavy atom. The van der Waals surface area contributed by atoms with E-state index in [1.165, 1.54) is 11.1 Å². The van der Waals surface area contributed by atoms with Gasteiger partial charge in [0.2, 0.25) is 0 Å². The van der Waals surface area contributed by atoms with Crippen molar-refractivity contribution in [2.45, 2.75) is 20.8 Å². The SMILES string of the molecule is C/C=C\C(=C/C)c1nc(-c2ccccc2)nc(-c2cc(C)cc(-c3ccccc3)c2)n1. The van der Waals surface area contributed by atoms with Gasteiger partial charge >= 0.3 is 0 Å².